The van der Waals surface area contributed by atoms with Gasteiger partial charge in [-0.3, -0.25) is 9.59 Å². The van der Waals surface area contributed by atoms with E-state index in [9.17, 15) is 9.59 Å². The molecule has 1 unspecified atom stereocenters. The van der Waals surface area contributed by atoms with Gasteiger partial charge in [0.15, 0.2) is 0 Å². The number of carbonyl (C=O) groups is 2. The molecule has 7 heteroatoms. The summed E-state index contributed by atoms with van der Waals surface area (Å²) in [5.41, 5.74) is 1.88. The first-order chi connectivity index (χ1) is 14.0. The van der Waals surface area contributed by atoms with E-state index in [0.29, 0.717) is 25.4 Å². The summed E-state index contributed by atoms with van der Waals surface area (Å²) in [6.07, 6.45) is 0.223. The van der Waals surface area contributed by atoms with E-state index in [1.165, 1.54) is 0 Å². The van der Waals surface area contributed by atoms with E-state index >= 15 is 0 Å². The molecule has 1 fully saturated rings. The number of hydrogen-bond donors (Lipinski definition) is 1. The fourth-order valence-corrected chi connectivity index (χ4v) is 3.22. The number of nitrogens with one attached hydrogen (secondary N) is 1. The standard InChI is InChI=1S/C22H27N3O4/c1-24(2)17-4-6-18(7-5-17)25-15-16(14-21(25)26)22(27)23-12-13-29-20-10-8-19(28-3)9-11-20/h4-11,16H,12-15H2,1-3H3,(H,23,27). The first kappa shape index (κ1) is 20.5. The van der Waals surface area contributed by atoms with Crippen molar-refractivity contribution < 1.29 is 19.1 Å². The second-order valence-electron chi connectivity index (χ2n) is 7.13. The smallest absolute Gasteiger partial charge is 0.227 e. The molecule has 1 N–H and O–H groups in total. The third kappa shape index (κ3) is 5.19. The minimum absolute atomic E-state index is 0.0303. The first-order valence-electron chi connectivity index (χ1n) is 9.60. The summed E-state index contributed by atoms with van der Waals surface area (Å²) in [4.78, 5) is 28.5. The molecule has 0 radical (unpaired) electrons. The highest BCUT2D eigenvalue weighted by Crippen LogP contribution is 2.27. The molecule has 2 aromatic rings. The molecule has 1 aliphatic rings. The maximum Gasteiger partial charge on any atom is 0.227 e. The van der Waals surface area contributed by atoms with Crippen LogP contribution in [-0.2, 0) is 9.59 Å². The zero-order valence-electron chi connectivity index (χ0n) is 17.1. The van der Waals surface area contributed by atoms with Crippen LogP contribution in [0.2, 0.25) is 0 Å². The Bertz CT molecular complexity index is 834. The van der Waals surface area contributed by atoms with E-state index in [2.05, 4.69) is 5.32 Å². The summed E-state index contributed by atoms with van der Waals surface area (Å²) in [6, 6.07) is 15.0. The molecule has 2 amide bonds. The van der Waals surface area contributed by atoms with E-state index in [1.54, 1.807) is 12.0 Å². The number of rotatable bonds is 8. The van der Waals surface area contributed by atoms with Crippen LogP contribution in [0.1, 0.15) is 6.42 Å². The van der Waals surface area contributed by atoms with E-state index in [-0.39, 0.29) is 24.2 Å². The van der Waals surface area contributed by atoms with Crippen LogP contribution in [0.5, 0.6) is 11.5 Å². The lowest BCUT2D eigenvalue weighted by molar-refractivity contribution is -0.126. The molecule has 3 rings (SSSR count). The number of benzene rings is 2. The maximum atomic E-state index is 12.4. The highest BCUT2D eigenvalue weighted by atomic mass is 16.5. The molecule has 0 aliphatic carbocycles. The lowest BCUT2D eigenvalue weighted by Crippen LogP contribution is -2.35. The summed E-state index contributed by atoms with van der Waals surface area (Å²) in [6.45, 7) is 1.13. The van der Waals surface area contributed by atoms with E-state index in [4.69, 9.17) is 9.47 Å². The van der Waals surface area contributed by atoms with Gasteiger partial charge in [-0.2, -0.15) is 0 Å². The molecular formula is C22H27N3O4. The van der Waals surface area contributed by atoms with Gasteiger partial charge in [0.1, 0.15) is 18.1 Å². The minimum atomic E-state index is -0.350. The Labute approximate surface area is 171 Å². The lowest BCUT2D eigenvalue weighted by Gasteiger charge is -2.19. The van der Waals surface area contributed by atoms with E-state index in [0.717, 1.165) is 17.1 Å². The number of ether oxygens (including phenoxy) is 2. The maximum absolute atomic E-state index is 12.4. The van der Waals surface area contributed by atoms with Gasteiger partial charge in [0.25, 0.3) is 0 Å². The topological polar surface area (TPSA) is 71.1 Å². The van der Waals surface area contributed by atoms with Crippen LogP contribution in [0.15, 0.2) is 48.5 Å². The monoisotopic (exact) mass is 397 g/mol. The lowest BCUT2D eigenvalue weighted by atomic mass is 10.1. The van der Waals surface area contributed by atoms with Gasteiger partial charge in [0.05, 0.1) is 19.6 Å². The molecule has 1 atom stereocenters. The Hall–Kier alpha value is -3.22. The Morgan fingerprint density at radius 2 is 1.76 bits per heavy atom. The Balaban J connectivity index is 1.45. The van der Waals surface area contributed by atoms with E-state index < -0.39 is 0 Å². The number of amides is 2. The van der Waals surface area contributed by atoms with Crippen molar-refractivity contribution in [1.29, 1.82) is 0 Å². The average molecular weight is 397 g/mol. The van der Waals surface area contributed by atoms with Crippen molar-refractivity contribution in [1.82, 2.24) is 5.32 Å². The molecule has 0 bridgehead atoms. The number of carbonyl (C=O) groups excluding carboxylic acids is 2. The van der Waals surface area contributed by atoms with Gasteiger partial charge in [-0.15, -0.1) is 0 Å². The van der Waals surface area contributed by atoms with Crippen LogP contribution in [0, 0.1) is 5.92 Å². The summed E-state index contributed by atoms with van der Waals surface area (Å²) >= 11 is 0. The van der Waals surface area contributed by atoms with Crippen molar-refractivity contribution in [3.8, 4) is 11.5 Å². The second kappa shape index (κ2) is 9.32. The molecule has 1 aliphatic heterocycles. The predicted octanol–water partition coefficient (Wildman–Crippen LogP) is 2.31. The fourth-order valence-electron chi connectivity index (χ4n) is 3.22. The normalized spacial score (nSPS) is 15.9. The molecule has 7 nitrogen and oxygen atoms in total. The van der Waals surface area contributed by atoms with Gasteiger partial charge in [0, 0.05) is 38.4 Å². The Kier molecular flexibility index (Phi) is 6.59. The van der Waals surface area contributed by atoms with Crippen molar-refractivity contribution in [3.05, 3.63) is 48.5 Å². The summed E-state index contributed by atoms with van der Waals surface area (Å²) in [5.74, 6) is 0.972. The summed E-state index contributed by atoms with van der Waals surface area (Å²) in [7, 11) is 5.54. The van der Waals surface area contributed by atoms with Gasteiger partial charge in [-0.25, -0.2) is 0 Å². The predicted molar refractivity (Wildman–Crippen MR) is 113 cm³/mol. The minimum Gasteiger partial charge on any atom is -0.497 e. The molecule has 0 saturated carbocycles. The molecular weight excluding hydrogens is 370 g/mol. The molecule has 154 valence electrons. The number of methoxy groups -OCH3 is 1. The third-order valence-corrected chi connectivity index (χ3v) is 4.90. The average Bonchev–Trinajstić information content (AvgIpc) is 3.13. The Morgan fingerprint density at radius 3 is 2.38 bits per heavy atom. The molecule has 1 saturated heterocycles. The first-order valence-corrected chi connectivity index (χ1v) is 9.60. The van der Waals surface area contributed by atoms with Gasteiger partial charge < -0.3 is 24.6 Å². The largest absolute Gasteiger partial charge is 0.497 e. The van der Waals surface area contributed by atoms with Crippen molar-refractivity contribution >= 4 is 23.2 Å². The zero-order valence-corrected chi connectivity index (χ0v) is 17.1. The van der Waals surface area contributed by atoms with Gasteiger partial charge in [-0.1, -0.05) is 0 Å². The quantitative estimate of drug-likeness (QED) is 0.692. The SMILES string of the molecule is COc1ccc(OCCNC(=O)C2CC(=O)N(c3ccc(N(C)C)cc3)C2)cc1. The van der Waals surface area contributed by atoms with Gasteiger partial charge in [-0.05, 0) is 48.5 Å². The van der Waals surface area contributed by atoms with Crippen LogP contribution in [0.3, 0.4) is 0 Å². The number of nitrogens with zero attached hydrogens (tertiary/aromatic N) is 2. The molecule has 2 aromatic carbocycles. The van der Waals surface area contributed by atoms with Crippen LogP contribution in [0.25, 0.3) is 0 Å². The van der Waals surface area contributed by atoms with Crippen molar-refractivity contribution in [2.45, 2.75) is 6.42 Å². The van der Waals surface area contributed by atoms with Crippen LogP contribution in [0.4, 0.5) is 11.4 Å². The van der Waals surface area contributed by atoms with Crippen molar-refractivity contribution in [3.63, 3.8) is 0 Å². The fraction of sp³-hybridized carbons (Fsp3) is 0.364. The van der Waals surface area contributed by atoms with Gasteiger partial charge in [0.2, 0.25) is 11.8 Å². The second-order valence-corrected chi connectivity index (χ2v) is 7.13. The molecule has 0 aromatic heterocycles. The molecule has 1 heterocycles. The third-order valence-electron chi connectivity index (χ3n) is 4.90. The van der Waals surface area contributed by atoms with Crippen LogP contribution >= 0.6 is 0 Å². The Morgan fingerprint density at radius 1 is 1.10 bits per heavy atom. The summed E-state index contributed by atoms with van der Waals surface area (Å²) < 4.78 is 10.7. The van der Waals surface area contributed by atoms with Crippen LogP contribution < -0.4 is 24.6 Å². The zero-order chi connectivity index (χ0) is 20.8. The molecule has 0 spiro atoms. The highest BCUT2D eigenvalue weighted by molar-refractivity contribution is 6.00. The van der Waals surface area contributed by atoms with E-state index in [1.807, 2.05) is 67.5 Å². The highest BCUT2D eigenvalue weighted by Gasteiger charge is 2.34. The number of anilines is 2. The van der Waals surface area contributed by atoms with Crippen molar-refractivity contribution in [2.24, 2.45) is 5.92 Å². The molecule has 29 heavy (non-hydrogen) atoms. The van der Waals surface area contributed by atoms with Crippen LogP contribution in [-0.4, -0.2) is 52.7 Å². The summed E-state index contributed by atoms with van der Waals surface area (Å²) in [5, 5.41) is 2.86. The van der Waals surface area contributed by atoms with Crippen molar-refractivity contribution in [2.75, 3.05) is 50.7 Å². The van der Waals surface area contributed by atoms with Gasteiger partial charge >= 0.3 is 0 Å². The number of hydrogen-bond acceptors (Lipinski definition) is 5.